The summed E-state index contributed by atoms with van der Waals surface area (Å²) in [5, 5.41) is 1.16. The Morgan fingerprint density at radius 2 is 1.79 bits per heavy atom. The molecule has 0 aliphatic carbocycles. The Morgan fingerprint density at radius 3 is 2.54 bits per heavy atom. The van der Waals surface area contributed by atoms with Crippen molar-refractivity contribution in [2.45, 2.75) is 18.0 Å². The minimum Gasteiger partial charge on any atom is -0.361 e. The van der Waals surface area contributed by atoms with Crippen molar-refractivity contribution >= 4 is 20.9 Å². The van der Waals surface area contributed by atoms with E-state index in [1.165, 1.54) is 5.56 Å². The van der Waals surface area contributed by atoms with Gasteiger partial charge >= 0.3 is 0 Å². The lowest BCUT2D eigenvalue weighted by molar-refractivity contribution is 0.148. The first-order chi connectivity index (χ1) is 13.5. The Hall–Kier alpha value is -2.19. The molecule has 7 heteroatoms. The van der Waals surface area contributed by atoms with Gasteiger partial charge in [0.1, 0.15) is 0 Å². The number of hydrogen-bond donors (Lipinski definition) is 2. The predicted molar refractivity (Wildman–Crippen MR) is 112 cm³/mol. The van der Waals surface area contributed by atoms with Gasteiger partial charge in [-0.2, -0.15) is 0 Å². The predicted octanol–water partition coefficient (Wildman–Crippen LogP) is 2.39. The minimum atomic E-state index is -3.51. The van der Waals surface area contributed by atoms with Gasteiger partial charge in [-0.1, -0.05) is 24.3 Å². The quantitative estimate of drug-likeness (QED) is 0.669. The maximum absolute atomic E-state index is 12.4. The SMILES string of the molecule is CN1CCN(Cc2c[nH]c3ccc(CNS(=O)(=O)c4ccccc4)cc23)CC1. The average Bonchev–Trinajstić information content (AvgIpc) is 3.11. The molecule has 2 aromatic carbocycles. The lowest BCUT2D eigenvalue weighted by atomic mass is 10.1. The number of H-pyrrole nitrogens is 1. The Labute approximate surface area is 166 Å². The molecule has 4 rings (SSSR count). The molecule has 1 aromatic heterocycles. The van der Waals surface area contributed by atoms with E-state index in [9.17, 15) is 8.42 Å². The number of piperazine rings is 1. The first kappa shape index (κ1) is 19.1. The number of benzene rings is 2. The highest BCUT2D eigenvalue weighted by molar-refractivity contribution is 7.89. The van der Waals surface area contributed by atoms with Crippen molar-refractivity contribution in [2.75, 3.05) is 33.2 Å². The van der Waals surface area contributed by atoms with E-state index in [0.29, 0.717) is 0 Å². The number of rotatable bonds is 6. The molecule has 6 nitrogen and oxygen atoms in total. The number of fused-ring (bicyclic) bond motifs is 1. The number of aromatic nitrogens is 1. The Bertz CT molecular complexity index is 1040. The first-order valence-electron chi connectivity index (χ1n) is 9.56. The Balaban J connectivity index is 1.48. The fourth-order valence-electron chi connectivity index (χ4n) is 3.57. The van der Waals surface area contributed by atoms with Crippen LogP contribution in [0, 0.1) is 0 Å². The molecule has 3 aromatic rings. The van der Waals surface area contributed by atoms with E-state index in [4.69, 9.17) is 0 Å². The fourth-order valence-corrected chi connectivity index (χ4v) is 4.61. The summed E-state index contributed by atoms with van der Waals surface area (Å²) in [5.41, 5.74) is 3.29. The van der Waals surface area contributed by atoms with Crippen LogP contribution in [-0.2, 0) is 23.1 Å². The monoisotopic (exact) mass is 398 g/mol. The summed E-state index contributed by atoms with van der Waals surface area (Å²) >= 11 is 0. The summed E-state index contributed by atoms with van der Waals surface area (Å²) in [6.45, 7) is 5.50. The number of sulfonamides is 1. The van der Waals surface area contributed by atoms with E-state index in [-0.39, 0.29) is 11.4 Å². The molecule has 148 valence electrons. The average molecular weight is 399 g/mol. The maximum atomic E-state index is 12.4. The van der Waals surface area contributed by atoms with Crippen LogP contribution in [0.2, 0.25) is 0 Å². The molecular weight excluding hydrogens is 372 g/mol. The molecule has 0 unspecified atom stereocenters. The van der Waals surface area contributed by atoms with E-state index in [1.807, 2.05) is 12.1 Å². The lowest BCUT2D eigenvalue weighted by Gasteiger charge is -2.32. The van der Waals surface area contributed by atoms with Crippen LogP contribution >= 0.6 is 0 Å². The van der Waals surface area contributed by atoms with Gasteiger partial charge in [-0.05, 0) is 42.4 Å². The normalized spacial score (nSPS) is 16.6. The van der Waals surface area contributed by atoms with Crippen LogP contribution in [0.4, 0.5) is 0 Å². The number of nitrogens with one attached hydrogen (secondary N) is 2. The van der Waals surface area contributed by atoms with Gasteiger partial charge in [0.05, 0.1) is 4.90 Å². The van der Waals surface area contributed by atoms with Crippen molar-refractivity contribution in [3.63, 3.8) is 0 Å². The van der Waals surface area contributed by atoms with Crippen molar-refractivity contribution in [2.24, 2.45) is 0 Å². The van der Waals surface area contributed by atoms with E-state index in [0.717, 1.165) is 49.2 Å². The van der Waals surface area contributed by atoms with E-state index < -0.39 is 10.0 Å². The van der Waals surface area contributed by atoms with Crippen LogP contribution in [0.1, 0.15) is 11.1 Å². The van der Waals surface area contributed by atoms with Crippen LogP contribution in [0.5, 0.6) is 0 Å². The van der Waals surface area contributed by atoms with Crippen molar-refractivity contribution < 1.29 is 8.42 Å². The summed E-state index contributed by atoms with van der Waals surface area (Å²) in [6.07, 6.45) is 2.07. The van der Waals surface area contributed by atoms with Crippen LogP contribution in [0.25, 0.3) is 10.9 Å². The van der Waals surface area contributed by atoms with Crippen LogP contribution in [-0.4, -0.2) is 56.4 Å². The molecule has 2 N–H and O–H groups in total. The van der Waals surface area contributed by atoms with Gasteiger partial charge in [-0.3, -0.25) is 4.90 Å². The highest BCUT2D eigenvalue weighted by Crippen LogP contribution is 2.22. The van der Waals surface area contributed by atoms with Gasteiger partial charge in [-0.25, -0.2) is 13.1 Å². The summed E-state index contributed by atoms with van der Waals surface area (Å²) in [7, 11) is -1.35. The first-order valence-corrected chi connectivity index (χ1v) is 11.0. The zero-order chi connectivity index (χ0) is 19.6. The maximum Gasteiger partial charge on any atom is 0.240 e. The fraction of sp³-hybridized carbons (Fsp3) is 0.333. The van der Waals surface area contributed by atoms with Crippen molar-refractivity contribution in [1.82, 2.24) is 19.5 Å². The molecule has 0 spiro atoms. The number of hydrogen-bond acceptors (Lipinski definition) is 4. The zero-order valence-electron chi connectivity index (χ0n) is 16.1. The van der Waals surface area contributed by atoms with E-state index in [1.54, 1.807) is 30.3 Å². The largest absolute Gasteiger partial charge is 0.361 e. The molecule has 0 bridgehead atoms. The third-order valence-corrected chi connectivity index (χ3v) is 6.76. The minimum absolute atomic E-state index is 0.270. The lowest BCUT2D eigenvalue weighted by Crippen LogP contribution is -2.43. The number of aromatic amines is 1. The smallest absolute Gasteiger partial charge is 0.240 e. The number of likely N-dealkylation sites (N-methyl/N-ethyl adjacent to an activating group) is 1. The second-order valence-corrected chi connectivity index (χ2v) is 9.18. The molecule has 2 heterocycles. The molecule has 0 saturated carbocycles. The third kappa shape index (κ3) is 4.28. The van der Waals surface area contributed by atoms with Crippen molar-refractivity contribution in [1.29, 1.82) is 0 Å². The van der Waals surface area contributed by atoms with E-state index in [2.05, 4.69) is 38.8 Å². The molecule has 0 atom stereocenters. The van der Waals surface area contributed by atoms with Gasteiger partial charge in [0.15, 0.2) is 0 Å². The molecule has 28 heavy (non-hydrogen) atoms. The van der Waals surface area contributed by atoms with Gasteiger partial charge in [-0.15, -0.1) is 0 Å². The van der Waals surface area contributed by atoms with Crippen LogP contribution in [0.3, 0.4) is 0 Å². The standard InChI is InChI=1S/C21H26N4O2S/c1-24-9-11-25(12-10-24)16-18-15-22-21-8-7-17(13-20(18)21)14-23-28(26,27)19-5-3-2-4-6-19/h2-8,13,15,22-23H,9-12,14,16H2,1H3. The topological polar surface area (TPSA) is 68.4 Å². The molecule has 1 aliphatic rings. The number of nitrogens with zero attached hydrogens (tertiary/aromatic N) is 2. The van der Waals surface area contributed by atoms with Gasteiger partial charge in [0, 0.05) is 56.4 Å². The zero-order valence-corrected chi connectivity index (χ0v) is 16.9. The van der Waals surface area contributed by atoms with Gasteiger partial charge in [0.2, 0.25) is 10.0 Å². The molecule has 0 amide bonds. The molecular formula is C21H26N4O2S. The second-order valence-electron chi connectivity index (χ2n) is 7.41. The molecule has 1 saturated heterocycles. The summed E-state index contributed by atoms with van der Waals surface area (Å²) in [4.78, 5) is 8.44. The Morgan fingerprint density at radius 1 is 1.04 bits per heavy atom. The summed E-state index contributed by atoms with van der Waals surface area (Å²) < 4.78 is 27.6. The summed E-state index contributed by atoms with van der Waals surface area (Å²) in [5.74, 6) is 0. The summed E-state index contributed by atoms with van der Waals surface area (Å²) in [6, 6.07) is 14.5. The second kappa shape index (κ2) is 8.05. The molecule has 0 radical (unpaired) electrons. The highest BCUT2D eigenvalue weighted by atomic mass is 32.2. The van der Waals surface area contributed by atoms with E-state index >= 15 is 0 Å². The third-order valence-electron chi connectivity index (χ3n) is 5.34. The van der Waals surface area contributed by atoms with Gasteiger partial charge < -0.3 is 9.88 Å². The highest BCUT2D eigenvalue weighted by Gasteiger charge is 2.16. The van der Waals surface area contributed by atoms with Crippen LogP contribution in [0.15, 0.2) is 59.6 Å². The van der Waals surface area contributed by atoms with Crippen molar-refractivity contribution in [3.8, 4) is 0 Å². The van der Waals surface area contributed by atoms with Gasteiger partial charge in [0.25, 0.3) is 0 Å². The van der Waals surface area contributed by atoms with Crippen molar-refractivity contribution in [3.05, 3.63) is 65.9 Å². The molecule has 1 aliphatic heterocycles. The van der Waals surface area contributed by atoms with Crippen LogP contribution < -0.4 is 4.72 Å². The Kier molecular flexibility index (Phi) is 5.50. The molecule has 1 fully saturated rings.